The lowest BCUT2D eigenvalue weighted by atomic mass is 9.80. The van der Waals surface area contributed by atoms with Gasteiger partial charge < -0.3 is 25.2 Å². The molecule has 0 radical (unpaired) electrons. The number of quaternary nitrogens is 1. The Morgan fingerprint density at radius 1 is 1.10 bits per heavy atom. The fourth-order valence-electron chi connectivity index (χ4n) is 5.26. The van der Waals surface area contributed by atoms with Gasteiger partial charge in [0.2, 0.25) is 5.91 Å². The summed E-state index contributed by atoms with van der Waals surface area (Å²) in [6.45, 7) is 3.90. The predicted molar refractivity (Wildman–Crippen MR) is 111 cm³/mol. The van der Waals surface area contributed by atoms with Crippen LogP contribution in [-0.4, -0.2) is 61.7 Å². The van der Waals surface area contributed by atoms with Crippen LogP contribution in [0.1, 0.15) is 44.9 Å². The molecule has 7 nitrogen and oxygen atoms in total. The molecule has 4 rings (SSSR count). The number of hydrogen-bond donors (Lipinski definition) is 3. The normalized spacial score (nSPS) is 25.8. The van der Waals surface area contributed by atoms with Crippen molar-refractivity contribution in [3.63, 3.8) is 0 Å². The van der Waals surface area contributed by atoms with Crippen molar-refractivity contribution in [2.75, 3.05) is 38.6 Å². The molecule has 3 amide bonds. The maximum atomic E-state index is 13.6. The van der Waals surface area contributed by atoms with E-state index in [-0.39, 0.29) is 11.9 Å². The zero-order valence-electron chi connectivity index (χ0n) is 17.3. The average Bonchev–Trinajstić information content (AvgIpc) is 3.22. The van der Waals surface area contributed by atoms with Gasteiger partial charge in [-0.05, 0) is 37.1 Å². The van der Waals surface area contributed by atoms with E-state index < -0.39 is 5.54 Å². The van der Waals surface area contributed by atoms with E-state index in [0.29, 0.717) is 11.7 Å². The van der Waals surface area contributed by atoms with Crippen molar-refractivity contribution in [2.24, 2.45) is 0 Å². The van der Waals surface area contributed by atoms with Crippen LogP contribution in [0.3, 0.4) is 0 Å². The summed E-state index contributed by atoms with van der Waals surface area (Å²) in [7, 11) is 1.61. The summed E-state index contributed by atoms with van der Waals surface area (Å²) in [6.07, 6.45) is 6.98. The third kappa shape index (κ3) is 4.34. The first-order valence-electron chi connectivity index (χ1n) is 11.0. The lowest BCUT2D eigenvalue weighted by Crippen LogP contribution is -3.16. The van der Waals surface area contributed by atoms with Crippen molar-refractivity contribution in [1.29, 1.82) is 0 Å². The Bertz CT molecular complexity index is 730. The number of carbonyl (C=O) groups excluding carboxylic acids is 2. The molecular formula is C22H33N4O3+. The van der Waals surface area contributed by atoms with E-state index in [1.165, 1.54) is 19.4 Å². The number of carbonyl (C=O) groups is 2. The maximum absolute atomic E-state index is 13.6. The average molecular weight is 402 g/mol. The second-order valence-corrected chi connectivity index (χ2v) is 8.70. The Morgan fingerprint density at radius 3 is 2.59 bits per heavy atom. The Morgan fingerprint density at radius 2 is 1.86 bits per heavy atom. The van der Waals surface area contributed by atoms with Gasteiger partial charge in [-0.1, -0.05) is 19.3 Å². The minimum atomic E-state index is -0.773. The number of hydrogen-bond acceptors (Lipinski definition) is 3. The molecule has 2 aliphatic heterocycles. The number of rotatable bonds is 4. The van der Waals surface area contributed by atoms with Crippen molar-refractivity contribution < 1.29 is 19.2 Å². The van der Waals surface area contributed by atoms with Crippen LogP contribution in [0.15, 0.2) is 24.3 Å². The lowest BCUT2D eigenvalue weighted by molar-refractivity contribution is -0.916. The Labute approximate surface area is 172 Å². The number of piperazine rings is 1. The highest BCUT2D eigenvalue weighted by Crippen LogP contribution is 2.31. The Hall–Kier alpha value is -2.28. The number of nitrogens with one attached hydrogen (secondary N) is 3. The SMILES string of the molecule is COc1ccc(NC(=O)NC2(C(=O)N3CC[NH+]4CCC[C@@H]4C3)CCCCC2)cc1. The van der Waals surface area contributed by atoms with E-state index in [2.05, 4.69) is 10.6 Å². The molecule has 0 spiro atoms. The monoisotopic (exact) mass is 401 g/mol. The van der Waals surface area contributed by atoms with Gasteiger partial charge in [-0.15, -0.1) is 0 Å². The molecule has 1 aliphatic carbocycles. The van der Waals surface area contributed by atoms with Gasteiger partial charge in [0, 0.05) is 18.5 Å². The number of urea groups is 1. The molecule has 29 heavy (non-hydrogen) atoms. The Balaban J connectivity index is 1.44. The first-order chi connectivity index (χ1) is 14.1. The minimum absolute atomic E-state index is 0.119. The summed E-state index contributed by atoms with van der Waals surface area (Å²) in [4.78, 5) is 30.1. The van der Waals surface area contributed by atoms with Gasteiger partial charge >= 0.3 is 6.03 Å². The number of methoxy groups -OCH3 is 1. The molecule has 0 bridgehead atoms. The quantitative estimate of drug-likeness (QED) is 0.714. The van der Waals surface area contributed by atoms with Crippen molar-refractivity contribution in [2.45, 2.75) is 56.5 Å². The fourth-order valence-corrected chi connectivity index (χ4v) is 5.26. The van der Waals surface area contributed by atoms with E-state index in [4.69, 9.17) is 4.74 Å². The summed E-state index contributed by atoms with van der Waals surface area (Å²) in [5.41, 5.74) is -0.0878. The molecule has 1 unspecified atom stereocenters. The number of amides is 3. The molecule has 158 valence electrons. The number of anilines is 1. The summed E-state index contributed by atoms with van der Waals surface area (Å²) >= 11 is 0. The van der Waals surface area contributed by atoms with Gasteiger partial charge in [-0.25, -0.2) is 4.79 Å². The zero-order chi connectivity index (χ0) is 20.3. The molecule has 0 aromatic heterocycles. The van der Waals surface area contributed by atoms with Crippen LogP contribution in [0, 0.1) is 0 Å². The first-order valence-corrected chi connectivity index (χ1v) is 11.0. The topological polar surface area (TPSA) is 75.1 Å². The number of nitrogens with zero attached hydrogens (tertiary/aromatic N) is 1. The highest BCUT2D eigenvalue weighted by atomic mass is 16.5. The van der Waals surface area contributed by atoms with Crippen molar-refractivity contribution in [3.8, 4) is 5.75 Å². The van der Waals surface area contributed by atoms with Gasteiger partial charge in [0.1, 0.15) is 17.3 Å². The Kier molecular flexibility index (Phi) is 5.94. The smallest absolute Gasteiger partial charge is 0.320 e. The van der Waals surface area contributed by atoms with Gasteiger partial charge in [0.15, 0.2) is 0 Å². The molecule has 2 heterocycles. The highest BCUT2D eigenvalue weighted by molar-refractivity contribution is 5.96. The van der Waals surface area contributed by atoms with E-state index >= 15 is 0 Å². The summed E-state index contributed by atoms with van der Waals surface area (Å²) in [6, 6.07) is 7.48. The van der Waals surface area contributed by atoms with Gasteiger partial charge in [-0.3, -0.25) is 4.79 Å². The standard InChI is InChI=1S/C22H32N4O3/c1-29-19-9-7-17(8-10-19)23-21(28)24-22(11-3-2-4-12-22)20(27)26-15-14-25-13-5-6-18(25)16-26/h7-10,18H,2-6,11-16H2,1H3,(H2,23,24,28)/p+1/t18-/m1/s1. The van der Waals surface area contributed by atoms with Crippen LogP contribution < -0.4 is 20.3 Å². The molecule has 3 fully saturated rings. The van der Waals surface area contributed by atoms with Crippen LogP contribution >= 0.6 is 0 Å². The number of benzene rings is 1. The molecule has 1 aromatic rings. The molecule has 3 aliphatic rings. The second kappa shape index (κ2) is 8.61. The van der Waals surface area contributed by atoms with Crippen molar-refractivity contribution in [3.05, 3.63) is 24.3 Å². The third-order valence-corrected chi connectivity index (χ3v) is 6.88. The summed E-state index contributed by atoms with van der Waals surface area (Å²) in [5, 5.41) is 5.97. The van der Waals surface area contributed by atoms with E-state index in [1.807, 2.05) is 4.90 Å². The van der Waals surface area contributed by atoms with Crippen LogP contribution in [0.5, 0.6) is 5.75 Å². The molecule has 2 atom stereocenters. The van der Waals surface area contributed by atoms with Gasteiger partial charge in [-0.2, -0.15) is 0 Å². The van der Waals surface area contributed by atoms with E-state index in [1.54, 1.807) is 36.3 Å². The summed E-state index contributed by atoms with van der Waals surface area (Å²) in [5.74, 6) is 0.858. The third-order valence-electron chi connectivity index (χ3n) is 6.88. The van der Waals surface area contributed by atoms with Gasteiger partial charge in [0.25, 0.3) is 0 Å². The highest BCUT2D eigenvalue weighted by Gasteiger charge is 2.46. The lowest BCUT2D eigenvalue weighted by Gasteiger charge is -2.43. The van der Waals surface area contributed by atoms with Crippen LogP contribution in [0.4, 0.5) is 10.5 Å². The van der Waals surface area contributed by atoms with Crippen LogP contribution in [0.25, 0.3) is 0 Å². The summed E-state index contributed by atoms with van der Waals surface area (Å²) < 4.78 is 5.16. The predicted octanol–water partition coefficient (Wildman–Crippen LogP) is 1.41. The van der Waals surface area contributed by atoms with Crippen molar-refractivity contribution in [1.82, 2.24) is 10.2 Å². The minimum Gasteiger partial charge on any atom is -0.497 e. The zero-order valence-corrected chi connectivity index (χ0v) is 17.3. The first kappa shape index (κ1) is 20.0. The number of ether oxygens (including phenoxy) is 1. The molecular weight excluding hydrogens is 368 g/mol. The van der Waals surface area contributed by atoms with Crippen LogP contribution in [-0.2, 0) is 4.79 Å². The molecule has 3 N–H and O–H groups in total. The molecule has 7 heteroatoms. The number of fused-ring (bicyclic) bond motifs is 1. The second-order valence-electron chi connectivity index (χ2n) is 8.70. The van der Waals surface area contributed by atoms with E-state index in [0.717, 1.165) is 57.5 Å². The van der Waals surface area contributed by atoms with Gasteiger partial charge in [0.05, 0.1) is 33.3 Å². The van der Waals surface area contributed by atoms with E-state index in [9.17, 15) is 9.59 Å². The largest absolute Gasteiger partial charge is 0.497 e. The fraction of sp³-hybridized carbons (Fsp3) is 0.636. The molecule has 2 saturated heterocycles. The molecule has 1 aromatic carbocycles. The van der Waals surface area contributed by atoms with Crippen molar-refractivity contribution >= 4 is 17.6 Å². The maximum Gasteiger partial charge on any atom is 0.320 e. The van der Waals surface area contributed by atoms with Crippen LogP contribution in [0.2, 0.25) is 0 Å². The molecule has 1 saturated carbocycles.